The lowest BCUT2D eigenvalue weighted by atomic mass is 10.1. The number of carbonyl (C=O) groups excluding carboxylic acids is 1. The Balaban J connectivity index is 2.24. The number of hydrogen-bond donors (Lipinski definition) is 0. The lowest BCUT2D eigenvalue weighted by molar-refractivity contribution is -0.133. The van der Waals surface area contributed by atoms with Gasteiger partial charge in [-0.2, -0.15) is 5.10 Å². The smallest absolute Gasteiger partial charge is 0.340 e. The van der Waals surface area contributed by atoms with Crippen molar-refractivity contribution in [3.8, 4) is 17.2 Å². The van der Waals surface area contributed by atoms with E-state index in [-0.39, 0.29) is 0 Å². The Morgan fingerprint density at radius 3 is 2.33 bits per heavy atom. The number of esters is 1. The normalized spacial score (nSPS) is 11.4. The van der Waals surface area contributed by atoms with Crippen molar-refractivity contribution in [1.29, 1.82) is 0 Å². The van der Waals surface area contributed by atoms with E-state index in [0.717, 1.165) is 18.5 Å². The summed E-state index contributed by atoms with van der Waals surface area (Å²) in [5.74, 6) is 0.950. The number of carbonyl (C=O) groups is 1. The Morgan fingerprint density at radius 1 is 1.07 bits per heavy atom. The standard InChI is InChI=1S/C22H25N3O5/c1-6-7-15-13-17(25-20(24-15)8-9-23-25)16(22(26)30-5)10-14-11-18(27-2)21(29-4)19(12-14)28-3/h8-13H,6-7H2,1-5H3/b16-10+. The summed E-state index contributed by atoms with van der Waals surface area (Å²) in [6.07, 6.45) is 5.08. The van der Waals surface area contributed by atoms with Crippen LogP contribution in [0.15, 0.2) is 30.5 Å². The molecule has 0 aliphatic carbocycles. The summed E-state index contributed by atoms with van der Waals surface area (Å²) in [6, 6.07) is 7.19. The number of ether oxygens (including phenoxy) is 4. The van der Waals surface area contributed by atoms with E-state index >= 15 is 0 Å². The van der Waals surface area contributed by atoms with Gasteiger partial charge in [-0.25, -0.2) is 14.3 Å². The summed E-state index contributed by atoms with van der Waals surface area (Å²) in [5.41, 5.74) is 3.14. The molecule has 3 aromatic rings. The first kappa shape index (κ1) is 21.2. The first-order chi connectivity index (χ1) is 14.6. The highest BCUT2D eigenvalue weighted by Gasteiger charge is 2.20. The summed E-state index contributed by atoms with van der Waals surface area (Å²) >= 11 is 0. The van der Waals surface area contributed by atoms with Crippen molar-refractivity contribution in [2.75, 3.05) is 28.4 Å². The van der Waals surface area contributed by atoms with Crippen LogP contribution in [0.2, 0.25) is 0 Å². The van der Waals surface area contributed by atoms with Gasteiger partial charge in [0.25, 0.3) is 0 Å². The molecule has 8 nitrogen and oxygen atoms in total. The van der Waals surface area contributed by atoms with Crippen LogP contribution in [0.3, 0.4) is 0 Å². The minimum Gasteiger partial charge on any atom is -0.493 e. The Morgan fingerprint density at radius 2 is 1.77 bits per heavy atom. The highest BCUT2D eigenvalue weighted by molar-refractivity contribution is 6.21. The van der Waals surface area contributed by atoms with Crippen LogP contribution in [0.1, 0.15) is 30.3 Å². The molecule has 0 aliphatic heterocycles. The molecule has 0 radical (unpaired) electrons. The molecule has 8 heteroatoms. The molecule has 30 heavy (non-hydrogen) atoms. The second kappa shape index (κ2) is 9.30. The lowest BCUT2D eigenvalue weighted by Crippen LogP contribution is -2.10. The molecule has 0 unspecified atom stereocenters. The van der Waals surface area contributed by atoms with Crippen molar-refractivity contribution in [2.24, 2.45) is 0 Å². The number of methoxy groups -OCH3 is 4. The van der Waals surface area contributed by atoms with Crippen LogP contribution in [0, 0.1) is 0 Å². The number of hydrogen-bond acceptors (Lipinski definition) is 7. The van der Waals surface area contributed by atoms with Gasteiger partial charge in [0, 0.05) is 11.8 Å². The van der Waals surface area contributed by atoms with Crippen molar-refractivity contribution in [3.05, 3.63) is 47.4 Å². The van der Waals surface area contributed by atoms with Gasteiger partial charge in [0.15, 0.2) is 17.1 Å². The van der Waals surface area contributed by atoms with Crippen LogP contribution >= 0.6 is 0 Å². The second-order valence-electron chi connectivity index (χ2n) is 6.49. The van der Waals surface area contributed by atoms with Crippen molar-refractivity contribution in [2.45, 2.75) is 19.8 Å². The van der Waals surface area contributed by atoms with Gasteiger partial charge in [-0.15, -0.1) is 0 Å². The SMILES string of the molecule is CCCc1cc(/C(=C\c2cc(OC)c(OC)c(OC)c2)C(=O)OC)n2nccc2n1. The summed E-state index contributed by atoms with van der Waals surface area (Å²) in [5, 5.41) is 4.33. The third-order valence-electron chi connectivity index (χ3n) is 4.60. The molecule has 0 saturated carbocycles. The first-order valence-corrected chi connectivity index (χ1v) is 9.50. The largest absolute Gasteiger partial charge is 0.493 e. The number of fused-ring (bicyclic) bond motifs is 1. The number of benzene rings is 1. The fourth-order valence-electron chi connectivity index (χ4n) is 3.24. The molecule has 0 atom stereocenters. The van der Waals surface area contributed by atoms with E-state index in [9.17, 15) is 4.79 Å². The maximum Gasteiger partial charge on any atom is 0.340 e. The molecule has 0 aliphatic rings. The van der Waals surface area contributed by atoms with Crippen LogP contribution in [0.25, 0.3) is 17.3 Å². The molecule has 3 rings (SSSR count). The van der Waals surface area contributed by atoms with Gasteiger partial charge in [-0.05, 0) is 36.3 Å². The molecule has 1 aromatic carbocycles. The molecule has 2 heterocycles. The van der Waals surface area contributed by atoms with Gasteiger partial charge in [0.1, 0.15) is 0 Å². The highest BCUT2D eigenvalue weighted by Crippen LogP contribution is 2.39. The zero-order valence-corrected chi connectivity index (χ0v) is 17.8. The molecule has 2 aromatic heterocycles. The number of aryl methyl sites for hydroxylation is 1. The monoisotopic (exact) mass is 411 g/mol. The van der Waals surface area contributed by atoms with Crippen LogP contribution in [-0.4, -0.2) is 49.0 Å². The second-order valence-corrected chi connectivity index (χ2v) is 6.49. The van der Waals surface area contributed by atoms with Gasteiger partial charge in [0.05, 0.1) is 45.9 Å². The number of rotatable bonds is 8. The fraction of sp³-hybridized carbons (Fsp3) is 0.318. The molecule has 158 valence electrons. The third-order valence-corrected chi connectivity index (χ3v) is 4.60. The summed E-state index contributed by atoms with van der Waals surface area (Å²) in [7, 11) is 5.97. The predicted molar refractivity (Wildman–Crippen MR) is 113 cm³/mol. The topological polar surface area (TPSA) is 84.2 Å². The van der Waals surface area contributed by atoms with Gasteiger partial charge in [-0.3, -0.25) is 0 Å². The quantitative estimate of drug-likeness (QED) is 0.415. The van der Waals surface area contributed by atoms with E-state index in [0.29, 0.717) is 39.7 Å². The van der Waals surface area contributed by atoms with Crippen LogP contribution < -0.4 is 14.2 Å². The zero-order valence-electron chi connectivity index (χ0n) is 17.8. The Kier molecular flexibility index (Phi) is 6.56. The fourth-order valence-corrected chi connectivity index (χ4v) is 3.24. The molecule has 0 fully saturated rings. The zero-order chi connectivity index (χ0) is 21.7. The molecule has 0 spiro atoms. The van der Waals surface area contributed by atoms with Crippen molar-refractivity contribution in [1.82, 2.24) is 14.6 Å². The van der Waals surface area contributed by atoms with Crippen LogP contribution in [-0.2, 0) is 16.0 Å². The Labute approximate surface area is 175 Å². The predicted octanol–water partition coefficient (Wildman–Crippen LogP) is 3.42. The van der Waals surface area contributed by atoms with Crippen LogP contribution in [0.4, 0.5) is 0 Å². The summed E-state index contributed by atoms with van der Waals surface area (Å²) in [6.45, 7) is 2.08. The maximum atomic E-state index is 12.7. The number of nitrogens with zero attached hydrogens (tertiary/aromatic N) is 3. The minimum atomic E-state index is -0.491. The van der Waals surface area contributed by atoms with Crippen molar-refractivity contribution in [3.63, 3.8) is 0 Å². The third kappa shape index (κ3) is 4.07. The molecule has 0 saturated heterocycles. The maximum absolute atomic E-state index is 12.7. The van der Waals surface area contributed by atoms with E-state index in [2.05, 4.69) is 17.0 Å². The van der Waals surface area contributed by atoms with Gasteiger partial charge >= 0.3 is 5.97 Å². The Hall–Kier alpha value is -3.55. The van der Waals surface area contributed by atoms with Crippen LogP contribution in [0.5, 0.6) is 17.2 Å². The molecule has 0 amide bonds. The van der Waals surface area contributed by atoms with E-state index < -0.39 is 5.97 Å². The van der Waals surface area contributed by atoms with E-state index in [1.807, 2.05) is 6.07 Å². The average molecular weight is 411 g/mol. The van der Waals surface area contributed by atoms with E-state index in [4.69, 9.17) is 18.9 Å². The van der Waals surface area contributed by atoms with E-state index in [1.54, 1.807) is 49.2 Å². The van der Waals surface area contributed by atoms with Gasteiger partial charge in [-0.1, -0.05) is 13.3 Å². The van der Waals surface area contributed by atoms with Gasteiger partial charge in [0.2, 0.25) is 5.75 Å². The molecular weight excluding hydrogens is 386 g/mol. The summed E-state index contributed by atoms with van der Waals surface area (Å²) in [4.78, 5) is 17.3. The first-order valence-electron chi connectivity index (χ1n) is 9.50. The minimum absolute atomic E-state index is 0.334. The van der Waals surface area contributed by atoms with E-state index in [1.165, 1.54) is 14.2 Å². The Bertz CT molecular complexity index is 1060. The lowest BCUT2D eigenvalue weighted by Gasteiger charge is -2.14. The molecular formula is C22H25N3O5. The van der Waals surface area contributed by atoms with Crippen molar-refractivity contribution >= 4 is 23.3 Å². The number of aromatic nitrogens is 3. The van der Waals surface area contributed by atoms with Crippen molar-refractivity contribution < 1.29 is 23.7 Å². The average Bonchev–Trinajstić information content (AvgIpc) is 3.24. The highest BCUT2D eigenvalue weighted by atomic mass is 16.5. The molecule has 0 bridgehead atoms. The summed E-state index contributed by atoms with van der Waals surface area (Å²) < 4.78 is 22.9. The molecule has 0 N–H and O–H groups in total. The van der Waals surface area contributed by atoms with Gasteiger partial charge < -0.3 is 18.9 Å².